The van der Waals surface area contributed by atoms with Gasteiger partial charge in [-0.2, -0.15) is 0 Å². The number of rotatable bonds is 3. The van der Waals surface area contributed by atoms with Crippen molar-refractivity contribution in [3.05, 3.63) is 65.7 Å². The summed E-state index contributed by atoms with van der Waals surface area (Å²) < 4.78 is 32.1. The fourth-order valence-corrected chi connectivity index (χ4v) is 4.58. The number of ether oxygens (including phenoxy) is 1. The lowest BCUT2D eigenvalue weighted by Gasteiger charge is -2.52. The van der Waals surface area contributed by atoms with Crippen LogP contribution in [0.4, 0.5) is 19.3 Å². The summed E-state index contributed by atoms with van der Waals surface area (Å²) >= 11 is 0. The maximum Gasteiger partial charge on any atom is 0.411 e. The van der Waals surface area contributed by atoms with E-state index in [0.717, 1.165) is 56.7 Å². The van der Waals surface area contributed by atoms with Crippen molar-refractivity contribution in [1.29, 1.82) is 0 Å². The molecule has 142 valence electrons. The highest BCUT2D eigenvalue weighted by Gasteiger charge is 2.50. The molecule has 0 radical (unpaired) electrons. The first-order valence-electron chi connectivity index (χ1n) is 9.53. The molecule has 2 aliphatic rings. The topological polar surface area (TPSA) is 38.3 Å². The summed E-state index contributed by atoms with van der Waals surface area (Å²) in [5.41, 5.74) is 1.52. The lowest BCUT2D eigenvalue weighted by atomic mass is 9.56. The third-order valence-corrected chi connectivity index (χ3v) is 6.20. The number of amides is 1. The maximum atomic E-state index is 13.2. The molecule has 0 bridgehead atoms. The Hall–Kier alpha value is -2.43. The molecule has 0 saturated heterocycles. The quantitative estimate of drug-likeness (QED) is 0.716. The van der Waals surface area contributed by atoms with Crippen LogP contribution in [0.25, 0.3) is 0 Å². The zero-order valence-corrected chi connectivity index (χ0v) is 15.1. The molecule has 1 N–H and O–H groups in total. The van der Waals surface area contributed by atoms with E-state index in [0.29, 0.717) is 5.92 Å². The van der Waals surface area contributed by atoms with Gasteiger partial charge in [0.1, 0.15) is 17.7 Å². The summed E-state index contributed by atoms with van der Waals surface area (Å²) in [6.45, 7) is 0. The van der Waals surface area contributed by atoms with E-state index in [1.807, 2.05) is 6.07 Å². The smallest absolute Gasteiger partial charge is 0.411 e. The zero-order chi connectivity index (χ0) is 18.9. The summed E-state index contributed by atoms with van der Waals surface area (Å²) in [4.78, 5) is 12.2. The van der Waals surface area contributed by atoms with Crippen LogP contribution in [0.3, 0.4) is 0 Å². The van der Waals surface area contributed by atoms with Crippen molar-refractivity contribution >= 4 is 11.8 Å². The highest BCUT2D eigenvalue weighted by molar-refractivity contribution is 5.84. The fraction of sp³-hybridized carbons (Fsp3) is 0.409. The second kappa shape index (κ2) is 7.29. The molecule has 2 fully saturated rings. The van der Waals surface area contributed by atoms with E-state index in [2.05, 4.69) is 29.6 Å². The van der Waals surface area contributed by atoms with Gasteiger partial charge in [0, 0.05) is 17.2 Å². The van der Waals surface area contributed by atoms with Gasteiger partial charge in [-0.3, -0.25) is 5.32 Å². The average molecular weight is 371 g/mol. The van der Waals surface area contributed by atoms with Crippen LogP contribution < -0.4 is 5.32 Å². The van der Waals surface area contributed by atoms with Gasteiger partial charge in [0.15, 0.2) is 0 Å². The van der Waals surface area contributed by atoms with Gasteiger partial charge in [-0.05, 0) is 62.1 Å². The molecule has 2 aliphatic carbocycles. The predicted octanol–water partition coefficient (Wildman–Crippen LogP) is 6.02. The van der Waals surface area contributed by atoms with E-state index in [1.165, 1.54) is 5.56 Å². The van der Waals surface area contributed by atoms with E-state index in [-0.39, 0.29) is 17.2 Å². The van der Waals surface area contributed by atoms with Crippen LogP contribution in [0.1, 0.15) is 50.0 Å². The molecule has 0 unspecified atom stereocenters. The first-order valence-corrected chi connectivity index (χ1v) is 9.53. The number of carbonyl (C=O) groups is 1. The molecule has 3 nitrogen and oxygen atoms in total. The van der Waals surface area contributed by atoms with Crippen molar-refractivity contribution < 1.29 is 18.3 Å². The fourth-order valence-electron chi connectivity index (χ4n) is 4.58. The molecule has 1 amide bonds. The van der Waals surface area contributed by atoms with Crippen molar-refractivity contribution in [2.75, 3.05) is 5.32 Å². The lowest BCUT2D eigenvalue weighted by molar-refractivity contribution is -0.0915. The van der Waals surface area contributed by atoms with E-state index < -0.39 is 17.7 Å². The van der Waals surface area contributed by atoms with Crippen molar-refractivity contribution in [2.24, 2.45) is 5.41 Å². The van der Waals surface area contributed by atoms with Gasteiger partial charge in [-0.25, -0.2) is 13.6 Å². The van der Waals surface area contributed by atoms with Crippen LogP contribution in [0.5, 0.6) is 0 Å². The number of benzene rings is 2. The highest BCUT2D eigenvalue weighted by atomic mass is 19.1. The minimum Gasteiger partial charge on any atom is -0.445 e. The molecular formula is C22H23F2NO2. The molecule has 27 heavy (non-hydrogen) atoms. The largest absolute Gasteiger partial charge is 0.445 e. The minimum absolute atomic E-state index is 0.0653. The molecule has 2 aromatic carbocycles. The van der Waals surface area contributed by atoms with Crippen molar-refractivity contribution in [2.45, 2.75) is 50.5 Å². The number of carbonyl (C=O) groups excluding carboxylic acids is 1. The average Bonchev–Trinajstić information content (AvgIpc) is 2.65. The van der Waals surface area contributed by atoms with Crippen molar-refractivity contribution in [3.63, 3.8) is 0 Å². The molecule has 1 spiro atoms. The Labute approximate surface area is 157 Å². The van der Waals surface area contributed by atoms with Crippen LogP contribution in [0.2, 0.25) is 0 Å². The Bertz CT molecular complexity index is 796. The number of anilines is 1. The van der Waals surface area contributed by atoms with Crippen LogP contribution in [0.15, 0.2) is 48.5 Å². The van der Waals surface area contributed by atoms with Crippen molar-refractivity contribution in [1.82, 2.24) is 0 Å². The summed E-state index contributed by atoms with van der Waals surface area (Å²) in [6, 6.07) is 13.5. The molecular weight excluding hydrogens is 348 g/mol. The SMILES string of the molecule is O=C(Nc1cc(F)cc(F)c1)O[C@H]1CCC12CCC(c1ccccc1)CC2. The van der Waals surface area contributed by atoms with Gasteiger partial charge < -0.3 is 4.74 Å². The van der Waals surface area contributed by atoms with Gasteiger partial charge >= 0.3 is 6.09 Å². The molecule has 4 rings (SSSR count). The number of hydrogen-bond donors (Lipinski definition) is 1. The Morgan fingerprint density at radius 2 is 1.59 bits per heavy atom. The minimum atomic E-state index is -0.732. The molecule has 2 saturated carbocycles. The van der Waals surface area contributed by atoms with Crippen LogP contribution in [0, 0.1) is 17.0 Å². The second-order valence-corrected chi connectivity index (χ2v) is 7.76. The predicted molar refractivity (Wildman–Crippen MR) is 99.6 cm³/mol. The lowest BCUT2D eigenvalue weighted by Crippen LogP contribution is -2.49. The molecule has 1 atom stereocenters. The van der Waals surface area contributed by atoms with E-state index in [9.17, 15) is 13.6 Å². The second-order valence-electron chi connectivity index (χ2n) is 7.76. The normalized spacial score (nSPS) is 27.0. The molecule has 0 heterocycles. The number of hydrogen-bond acceptors (Lipinski definition) is 2. The number of nitrogens with one attached hydrogen (secondary N) is 1. The Morgan fingerprint density at radius 3 is 2.19 bits per heavy atom. The van der Waals surface area contributed by atoms with Gasteiger partial charge in [0.2, 0.25) is 0 Å². The van der Waals surface area contributed by atoms with Gasteiger partial charge in [-0.15, -0.1) is 0 Å². The zero-order valence-electron chi connectivity index (χ0n) is 15.1. The standard InChI is InChI=1S/C22H23F2NO2/c23-17-12-18(24)14-19(13-17)25-21(26)27-20-8-11-22(20)9-6-16(7-10-22)15-4-2-1-3-5-15/h1-5,12-14,16,20H,6-11H2,(H,25,26)/t16?,20-,22?/m0/s1. The van der Waals surface area contributed by atoms with Crippen LogP contribution in [-0.2, 0) is 4.74 Å². The van der Waals surface area contributed by atoms with Gasteiger partial charge in [0.25, 0.3) is 0 Å². The van der Waals surface area contributed by atoms with E-state index in [4.69, 9.17) is 4.74 Å². The third-order valence-electron chi connectivity index (χ3n) is 6.20. The van der Waals surface area contributed by atoms with Gasteiger partial charge in [0.05, 0.1) is 0 Å². The Balaban J connectivity index is 1.33. The third kappa shape index (κ3) is 3.82. The monoisotopic (exact) mass is 371 g/mol. The summed E-state index contributed by atoms with van der Waals surface area (Å²) in [7, 11) is 0. The molecule has 0 aliphatic heterocycles. The van der Waals surface area contributed by atoms with Crippen molar-refractivity contribution in [3.8, 4) is 0 Å². The summed E-state index contributed by atoms with van der Waals surface area (Å²) in [5, 5.41) is 2.44. The van der Waals surface area contributed by atoms with E-state index in [1.54, 1.807) is 0 Å². The first-order chi connectivity index (χ1) is 13.0. The molecule has 2 aromatic rings. The Kier molecular flexibility index (Phi) is 4.85. The molecule has 0 aromatic heterocycles. The maximum absolute atomic E-state index is 13.2. The van der Waals surface area contributed by atoms with Gasteiger partial charge in [-0.1, -0.05) is 30.3 Å². The van der Waals surface area contributed by atoms with Crippen LogP contribution >= 0.6 is 0 Å². The highest BCUT2D eigenvalue weighted by Crippen LogP contribution is 2.55. The first kappa shape index (κ1) is 18.0. The van der Waals surface area contributed by atoms with Crippen LogP contribution in [-0.4, -0.2) is 12.2 Å². The molecule has 5 heteroatoms. The summed E-state index contributed by atoms with van der Waals surface area (Å²) in [5.74, 6) is -0.892. The Morgan fingerprint density at radius 1 is 0.963 bits per heavy atom. The van der Waals surface area contributed by atoms with E-state index >= 15 is 0 Å². The summed E-state index contributed by atoms with van der Waals surface area (Å²) in [6.07, 6.45) is 5.43. The number of halogens is 2.